The van der Waals surface area contributed by atoms with Crippen molar-refractivity contribution in [3.8, 4) is 17.2 Å². The van der Waals surface area contributed by atoms with Gasteiger partial charge in [0.2, 0.25) is 5.91 Å². The summed E-state index contributed by atoms with van der Waals surface area (Å²) in [5.41, 5.74) is 1.60. The van der Waals surface area contributed by atoms with E-state index in [0.717, 1.165) is 5.56 Å². The normalized spacial score (nSPS) is 16.5. The summed E-state index contributed by atoms with van der Waals surface area (Å²) in [7, 11) is 0. The van der Waals surface area contributed by atoms with Crippen molar-refractivity contribution in [1.29, 1.82) is 0 Å². The van der Waals surface area contributed by atoms with Crippen LogP contribution in [0.5, 0.6) is 17.2 Å². The van der Waals surface area contributed by atoms with Crippen molar-refractivity contribution in [3.63, 3.8) is 0 Å². The van der Waals surface area contributed by atoms with Crippen molar-refractivity contribution in [2.24, 2.45) is 5.92 Å². The summed E-state index contributed by atoms with van der Waals surface area (Å²) in [6.45, 7) is -0.234. The number of carboxylic acid groups (broad SMARTS) is 1. The number of phenolic OH excluding ortho intramolecular Hbond substituents is 1. The Kier molecular flexibility index (Phi) is 9.03. The maximum absolute atomic E-state index is 13.6. The molecule has 1 aliphatic rings. The van der Waals surface area contributed by atoms with Crippen LogP contribution in [0.15, 0.2) is 97.1 Å². The third-order valence-corrected chi connectivity index (χ3v) is 7.20. The molecule has 3 N–H and O–H groups in total. The number of anilines is 1. The van der Waals surface area contributed by atoms with Crippen LogP contribution in [0.25, 0.3) is 0 Å². The number of benzene rings is 4. The molecule has 226 valence electrons. The highest BCUT2D eigenvalue weighted by atomic mass is 19.1. The molecule has 4 aromatic rings. The summed E-state index contributed by atoms with van der Waals surface area (Å²) in [4.78, 5) is 39.0. The molecular weight excluding hydrogens is 574 g/mol. The number of carbonyl (C=O) groups is 3. The number of aliphatic carboxylic acids is 1. The second-order valence-corrected chi connectivity index (χ2v) is 10.1. The molecule has 1 saturated heterocycles. The van der Waals surface area contributed by atoms with Crippen LogP contribution in [-0.2, 0) is 14.4 Å². The molecule has 4 aromatic carbocycles. The minimum Gasteiger partial charge on any atom is -0.508 e. The van der Waals surface area contributed by atoms with E-state index >= 15 is 0 Å². The lowest BCUT2D eigenvalue weighted by atomic mass is 9.80. The molecule has 0 aliphatic carbocycles. The van der Waals surface area contributed by atoms with Crippen molar-refractivity contribution in [2.75, 3.05) is 18.1 Å². The molecule has 3 atom stereocenters. The zero-order valence-electron chi connectivity index (χ0n) is 23.2. The van der Waals surface area contributed by atoms with Gasteiger partial charge in [0.25, 0.3) is 5.91 Å². The molecule has 2 amide bonds. The number of aromatic hydroxyl groups is 1. The summed E-state index contributed by atoms with van der Waals surface area (Å²) in [5.74, 6) is -2.54. The lowest BCUT2D eigenvalue weighted by Gasteiger charge is -2.47. The third kappa shape index (κ3) is 6.95. The molecule has 0 saturated carbocycles. The smallest absolute Gasteiger partial charge is 0.330 e. The Morgan fingerprint density at radius 3 is 2.00 bits per heavy atom. The van der Waals surface area contributed by atoms with Crippen LogP contribution in [-0.4, -0.2) is 41.2 Å². The predicted octanol–water partition coefficient (Wildman–Crippen LogP) is 5.16. The van der Waals surface area contributed by atoms with Crippen molar-refractivity contribution in [1.82, 2.24) is 5.32 Å². The number of amides is 2. The number of nitrogens with one attached hydrogen (secondary N) is 1. The minimum atomic E-state index is -1.33. The summed E-state index contributed by atoms with van der Waals surface area (Å²) in [6, 6.07) is 21.7. The van der Waals surface area contributed by atoms with Gasteiger partial charge in [0.15, 0.2) is 12.6 Å². The number of carboxylic acids is 1. The van der Waals surface area contributed by atoms with E-state index in [1.807, 2.05) is 0 Å². The first-order chi connectivity index (χ1) is 21.2. The number of β-lactam (4-membered cyclic amide) rings is 1. The van der Waals surface area contributed by atoms with E-state index in [0.29, 0.717) is 23.6 Å². The standard InChI is InChI=1S/C33H28F2N2O7/c34-22-5-9-24(10-6-22)37-31(28(32(37)40)17-18-43-26-15-7-23(35)8-16-26)21-3-13-27(14-4-21)44-19-29(39)36-30(33(41)42)20-1-11-25(38)12-2-20/h1-16,28,30-31,38H,17-19H2,(H,36,39)(H,41,42)/t28?,30-,31?/m1/s1. The first-order valence-electron chi connectivity index (χ1n) is 13.7. The quantitative estimate of drug-likeness (QED) is 0.191. The number of nitrogens with zero attached hydrogens (tertiary/aromatic N) is 1. The van der Waals surface area contributed by atoms with Gasteiger partial charge in [-0.15, -0.1) is 0 Å². The summed E-state index contributed by atoms with van der Waals surface area (Å²) in [6.07, 6.45) is 0.378. The molecule has 0 radical (unpaired) electrons. The van der Waals surface area contributed by atoms with Gasteiger partial charge >= 0.3 is 5.97 Å². The Balaban J connectivity index is 1.24. The molecule has 0 bridgehead atoms. The second kappa shape index (κ2) is 13.2. The summed E-state index contributed by atoms with van der Waals surface area (Å²) >= 11 is 0. The van der Waals surface area contributed by atoms with Crippen LogP contribution in [0.4, 0.5) is 14.5 Å². The molecule has 1 fully saturated rings. The predicted molar refractivity (Wildman–Crippen MR) is 155 cm³/mol. The number of ether oxygens (including phenoxy) is 2. The van der Waals surface area contributed by atoms with Gasteiger partial charge in [-0.05, 0) is 90.3 Å². The largest absolute Gasteiger partial charge is 0.508 e. The number of hydrogen-bond acceptors (Lipinski definition) is 6. The lowest BCUT2D eigenvalue weighted by Crippen LogP contribution is -2.55. The van der Waals surface area contributed by atoms with E-state index in [1.165, 1.54) is 72.8 Å². The molecular formula is C33H28F2N2O7. The number of carbonyl (C=O) groups excluding carboxylic acids is 2. The van der Waals surface area contributed by atoms with Gasteiger partial charge in [-0.3, -0.25) is 9.59 Å². The SMILES string of the molecule is O=C(COc1ccc(C2C(CCOc3ccc(F)cc3)C(=O)N2c2ccc(F)cc2)cc1)N[C@@H](C(=O)O)c1ccc(O)cc1. The molecule has 1 aliphatic heterocycles. The van der Waals surface area contributed by atoms with Gasteiger partial charge in [-0.25, -0.2) is 13.6 Å². The fourth-order valence-electron chi connectivity index (χ4n) is 5.00. The Hall–Kier alpha value is -5.45. The average Bonchev–Trinajstić information content (AvgIpc) is 3.02. The van der Waals surface area contributed by atoms with Crippen molar-refractivity contribution < 1.29 is 42.9 Å². The molecule has 9 nitrogen and oxygen atoms in total. The summed E-state index contributed by atoms with van der Waals surface area (Å²) < 4.78 is 38.1. The van der Waals surface area contributed by atoms with E-state index in [9.17, 15) is 33.4 Å². The van der Waals surface area contributed by atoms with Gasteiger partial charge in [0.05, 0.1) is 18.6 Å². The second-order valence-electron chi connectivity index (χ2n) is 10.1. The zero-order valence-corrected chi connectivity index (χ0v) is 23.2. The van der Waals surface area contributed by atoms with Crippen molar-refractivity contribution in [3.05, 3.63) is 120 Å². The molecule has 11 heteroatoms. The van der Waals surface area contributed by atoms with Crippen LogP contribution < -0.4 is 19.7 Å². The monoisotopic (exact) mass is 602 g/mol. The highest BCUT2D eigenvalue weighted by Gasteiger charge is 2.48. The van der Waals surface area contributed by atoms with E-state index in [4.69, 9.17) is 9.47 Å². The number of phenols is 1. The first kappa shape index (κ1) is 30.0. The lowest BCUT2D eigenvalue weighted by molar-refractivity contribution is -0.142. The third-order valence-electron chi connectivity index (χ3n) is 7.20. The van der Waals surface area contributed by atoms with Gasteiger partial charge in [-0.1, -0.05) is 24.3 Å². The Morgan fingerprint density at radius 1 is 0.818 bits per heavy atom. The fourth-order valence-corrected chi connectivity index (χ4v) is 5.00. The van der Waals surface area contributed by atoms with Gasteiger partial charge in [-0.2, -0.15) is 0 Å². The van der Waals surface area contributed by atoms with E-state index in [-0.39, 0.29) is 35.7 Å². The van der Waals surface area contributed by atoms with Crippen molar-refractivity contribution >= 4 is 23.5 Å². The molecule has 1 heterocycles. The van der Waals surface area contributed by atoms with E-state index in [1.54, 1.807) is 29.2 Å². The van der Waals surface area contributed by atoms with Gasteiger partial charge in [0, 0.05) is 5.69 Å². The Morgan fingerprint density at radius 2 is 1.39 bits per heavy atom. The zero-order chi connectivity index (χ0) is 31.2. The number of halogens is 2. The Labute approximate surface area is 251 Å². The molecule has 0 aromatic heterocycles. The highest BCUT2D eigenvalue weighted by molar-refractivity contribution is 6.03. The average molecular weight is 603 g/mol. The number of rotatable bonds is 12. The van der Waals surface area contributed by atoms with Crippen LogP contribution in [0.2, 0.25) is 0 Å². The van der Waals surface area contributed by atoms with Crippen LogP contribution in [0.3, 0.4) is 0 Å². The maximum atomic E-state index is 13.6. The van der Waals surface area contributed by atoms with E-state index < -0.39 is 36.3 Å². The highest BCUT2D eigenvalue weighted by Crippen LogP contribution is 2.45. The molecule has 0 spiro atoms. The van der Waals surface area contributed by atoms with Crippen molar-refractivity contribution in [2.45, 2.75) is 18.5 Å². The van der Waals surface area contributed by atoms with Gasteiger partial charge in [0.1, 0.15) is 28.9 Å². The van der Waals surface area contributed by atoms with Crippen LogP contribution in [0.1, 0.15) is 29.6 Å². The molecule has 5 rings (SSSR count). The van der Waals surface area contributed by atoms with Crippen LogP contribution in [0, 0.1) is 17.6 Å². The van der Waals surface area contributed by atoms with Gasteiger partial charge < -0.3 is 29.9 Å². The fraction of sp³-hybridized carbons (Fsp3) is 0.182. The minimum absolute atomic E-state index is 0.0345. The maximum Gasteiger partial charge on any atom is 0.330 e. The molecule has 2 unspecified atom stereocenters. The van der Waals surface area contributed by atoms with Crippen LogP contribution >= 0.6 is 0 Å². The topological polar surface area (TPSA) is 125 Å². The Bertz CT molecular complexity index is 1610. The van der Waals surface area contributed by atoms with E-state index in [2.05, 4.69) is 5.32 Å². The molecule has 44 heavy (non-hydrogen) atoms. The first-order valence-corrected chi connectivity index (χ1v) is 13.7. The number of hydrogen-bond donors (Lipinski definition) is 3. The summed E-state index contributed by atoms with van der Waals surface area (Å²) in [5, 5.41) is 21.4.